The topological polar surface area (TPSA) is 134 Å². The van der Waals surface area contributed by atoms with E-state index in [2.05, 4.69) is 4.18 Å². The van der Waals surface area contributed by atoms with Crippen LogP contribution in [-0.4, -0.2) is 65.4 Å². The number of rotatable bonds is 6. The summed E-state index contributed by atoms with van der Waals surface area (Å²) in [5, 5.41) is 39.9. The Labute approximate surface area is 191 Å². The van der Waals surface area contributed by atoms with Gasteiger partial charge in [0.2, 0.25) is 0 Å². The lowest BCUT2D eigenvalue weighted by atomic mass is 9.90. The summed E-state index contributed by atoms with van der Waals surface area (Å²) in [7, 11) is -5.78. The molecule has 33 heavy (non-hydrogen) atoms. The molecule has 1 heterocycles. The van der Waals surface area contributed by atoms with E-state index in [0.29, 0.717) is 21.7 Å². The Morgan fingerprint density at radius 3 is 2.21 bits per heavy atom. The van der Waals surface area contributed by atoms with Gasteiger partial charge in [-0.1, -0.05) is 35.9 Å². The van der Waals surface area contributed by atoms with Gasteiger partial charge in [0.1, 0.15) is 36.3 Å². The molecule has 2 aromatic carbocycles. The lowest BCUT2D eigenvalue weighted by Gasteiger charge is -2.40. The Morgan fingerprint density at radius 1 is 1.00 bits per heavy atom. The van der Waals surface area contributed by atoms with Crippen LogP contribution in [0.3, 0.4) is 0 Å². The fraction of sp³-hybridized carbons (Fsp3) is 0.400. The van der Waals surface area contributed by atoms with Crippen molar-refractivity contribution in [3.05, 3.63) is 64.2 Å². The maximum Gasteiger partial charge on any atom is 0.534 e. The minimum absolute atomic E-state index is 0.177. The van der Waals surface area contributed by atoms with Crippen LogP contribution in [0.5, 0.6) is 5.75 Å². The zero-order chi connectivity index (χ0) is 24.6. The van der Waals surface area contributed by atoms with Crippen LogP contribution in [0.25, 0.3) is 0 Å². The minimum Gasteiger partial charge on any atom is -0.394 e. The van der Waals surface area contributed by atoms with Crippen LogP contribution in [0.1, 0.15) is 22.8 Å². The molecule has 0 spiro atoms. The van der Waals surface area contributed by atoms with Gasteiger partial charge in [-0.3, -0.25) is 0 Å². The van der Waals surface area contributed by atoms with Crippen LogP contribution >= 0.6 is 11.6 Å². The van der Waals surface area contributed by atoms with Crippen molar-refractivity contribution in [3.8, 4) is 5.75 Å². The van der Waals surface area contributed by atoms with E-state index in [0.717, 1.165) is 12.1 Å². The molecule has 5 atom stereocenters. The first kappa shape index (κ1) is 25.7. The van der Waals surface area contributed by atoms with Gasteiger partial charge < -0.3 is 29.3 Å². The number of hydrogen-bond donors (Lipinski definition) is 4. The van der Waals surface area contributed by atoms with Crippen LogP contribution in [0.2, 0.25) is 5.02 Å². The zero-order valence-corrected chi connectivity index (χ0v) is 18.3. The lowest BCUT2D eigenvalue weighted by Crippen LogP contribution is -2.55. The van der Waals surface area contributed by atoms with Crippen molar-refractivity contribution in [1.29, 1.82) is 0 Å². The summed E-state index contributed by atoms with van der Waals surface area (Å²) < 4.78 is 69.1. The highest BCUT2D eigenvalue weighted by atomic mass is 35.5. The molecule has 8 nitrogen and oxygen atoms in total. The predicted octanol–water partition coefficient (Wildman–Crippen LogP) is 1.67. The van der Waals surface area contributed by atoms with Gasteiger partial charge in [0.15, 0.2) is 0 Å². The summed E-state index contributed by atoms with van der Waals surface area (Å²) >= 11 is 6.24. The molecule has 1 fully saturated rings. The minimum atomic E-state index is -5.78. The van der Waals surface area contributed by atoms with E-state index in [1.54, 1.807) is 6.07 Å². The van der Waals surface area contributed by atoms with Gasteiger partial charge in [-0.25, -0.2) is 0 Å². The van der Waals surface area contributed by atoms with E-state index >= 15 is 0 Å². The molecule has 0 aromatic heterocycles. The van der Waals surface area contributed by atoms with Gasteiger partial charge in [-0.05, 0) is 41.3 Å². The predicted molar refractivity (Wildman–Crippen MR) is 109 cm³/mol. The van der Waals surface area contributed by atoms with Crippen molar-refractivity contribution in [2.45, 2.75) is 42.4 Å². The molecular weight excluding hydrogens is 493 g/mol. The summed E-state index contributed by atoms with van der Waals surface area (Å²) in [6.45, 7) is -0.583. The van der Waals surface area contributed by atoms with E-state index in [1.165, 1.54) is 24.3 Å². The van der Waals surface area contributed by atoms with Crippen LogP contribution in [0.4, 0.5) is 13.2 Å². The largest absolute Gasteiger partial charge is 0.534 e. The third-order valence-corrected chi connectivity index (χ3v) is 6.45. The molecule has 1 aliphatic heterocycles. The Kier molecular flexibility index (Phi) is 7.58. The molecule has 1 aliphatic rings. The smallest absolute Gasteiger partial charge is 0.394 e. The second-order valence-electron chi connectivity index (χ2n) is 7.40. The van der Waals surface area contributed by atoms with Crippen molar-refractivity contribution < 1.29 is 50.9 Å². The molecule has 0 saturated carbocycles. The van der Waals surface area contributed by atoms with Gasteiger partial charge >= 0.3 is 15.6 Å². The van der Waals surface area contributed by atoms with Gasteiger partial charge in [0, 0.05) is 5.02 Å². The van der Waals surface area contributed by atoms with Crippen molar-refractivity contribution in [3.63, 3.8) is 0 Å². The van der Waals surface area contributed by atoms with Crippen LogP contribution < -0.4 is 4.18 Å². The molecule has 182 valence electrons. The number of halogens is 4. The van der Waals surface area contributed by atoms with E-state index in [4.69, 9.17) is 16.3 Å². The Balaban J connectivity index is 1.79. The van der Waals surface area contributed by atoms with Crippen molar-refractivity contribution >= 4 is 21.7 Å². The second kappa shape index (κ2) is 9.74. The third-order valence-electron chi connectivity index (χ3n) is 5.10. The monoisotopic (exact) mass is 512 g/mol. The number of aliphatic hydroxyl groups excluding tert-OH is 4. The average Bonchev–Trinajstić information content (AvgIpc) is 2.74. The fourth-order valence-corrected chi connectivity index (χ4v) is 3.98. The van der Waals surface area contributed by atoms with E-state index < -0.39 is 58.5 Å². The maximum atomic E-state index is 12.4. The van der Waals surface area contributed by atoms with Crippen LogP contribution in [0.15, 0.2) is 42.5 Å². The highest BCUT2D eigenvalue weighted by Gasteiger charge is 2.48. The first-order valence-corrected chi connectivity index (χ1v) is 11.3. The van der Waals surface area contributed by atoms with Crippen molar-refractivity contribution in [1.82, 2.24) is 0 Å². The molecule has 0 aliphatic carbocycles. The molecular formula is C20H20ClF3O8S. The first-order chi connectivity index (χ1) is 15.3. The van der Waals surface area contributed by atoms with E-state index in [1.807, 2.05) is 0 Å². The summed E-state index contributed by atoms with van der Waals surface area (Å²) in [5.41, 5.74) is -4.06. The number of ether oxygens (including phenoxy) is 1. The van der Waals surface area contributed by atoms with Crippen molar-refractivity contribution in [2.24, 2.45) is 0 Å². The van der Waals surface area contributed by atoms with Gasteiger partial charge in [-0.2, -0.15) is 21.6 Å². The molecule has 1 unspecified atom stereocenters. The van der Waals surface area contributed by atoms with Gasteiger partial charge in [-0.15, -0.1) is 0 Å². The summed E-state index contributed by atoms with van der Waals surface area (Å²) in [6, 6.07) is 9.48. The Morgan fingerprint density at radius 2 is 1.64 bits per heavy atom. The number of alkyl halides is 3. The normalized spacial score (nSPS) is 26.2. The highest BCUT2D eigenvalue weighted by Crippen LogP contribution is 2.34. The number of aliphatic hydroxyl groups is 4. The molecule has 1 saturated heterocycles. The number of hydrogen-bond acceptors (Lipinski definition) is 8. The van der Waals surface area contributed by atoms with E-state index in [9.17, 15) is 42.0 Å². The van der Waals surface area contributed by atoms with Gasteiger partial charge in [0.05, 0.1) is 6.61 Å². The number of benzene rings is 2. The summed E-state index contributed by atoms with van der Waals surface area (Å²) in [6.07, 6.45) is -6.52. The Hall–Kier alpha value is -1.93. The molecule has 0 bridgehead atoms. The summed E-state index contributed by atoms with van der Waals surface area (Å²) in [5.74, 6) is -0.516. The third kappa shape index (κ3) is 5.60. The SMILES string of the molecule is O=S(=O)(Oc1ccc(Cc2cc([C@@H]3O[C@H](CO)C(O)[C@H](O)[C@H]3O)ccc2Cl)cc1)C(F)(F)F. The maximum absolute atomic E-state index is 12.4. The summed E-state index contributed by atoms with van der Waals surface area (Å²) in [4.78, 5) is 0. The quantitative estimate of drug-likeness (QED) is 0.339. The second-order valence-corrected chi connectivity index (χ2v) is 9.35. The molecule has 2 aromatic rings. The fourth-order valence-electron chi connectivity index (χ4n) is 3.34. The van der Waals surface area contributed by atoms with Crippen LogP contribution in [-0.2, 0) is 21.3 Å². The zero-order valence-electron chi connectivity index (χ0n) is 16.7. The molecule has 3 rings (SSSR count). The standard InChI is InChI=1S/C20H20ClF3O8S/c21-14-6-3-11(19-18(28)17(27)16(26)15(9-25)31-19)8-12(14)7-10-1-4-13(5-2-10)32-33(29,30)20(22,23)24/h1-6,8,15-19,25-28H,7,9H2/t15-,16?,17+,18-,19+/m1/s1. The average molecular weight is 513 g/mol. The first-order valence-electron chi connectivity index (χ1n) is 9.52. The lowest BCUT2D eigenvalue weighted by molar-refractivity contribution is -0.231. The molecule has 0 amide bonds. The molecule has 13 heteroatoms. The van der Waals surface area contributed by atoms with E-state index in [-0.39, 0.29) is 6.42 Å². The highest BCUT2D eigenvalue weighted by molar-refractivity contribution is 7.88. The van der Waals surface area contributed by atoms with Crippen LogP contribution in [0, 0.1) is 0 Å². The van der Waals surface area contributed by atoms with Crippen molar-refractivity contribution in [2.75, 3.05) is 6.61 Å². The van der Waals surface area contributed by atoms with Gasteiger partial charge in [0.25, 0.3) is 0 Å². The molecule has 0 radical (unpaired) electrons. The Bertz CT molecular complexity index is 1080. The molecule has 4 N–H and O–H groups in total.